The maximum Gasteiger partial charge on any atom is 0.249 e. The average Bonchev–Trinajstić information content (AvgIpc) is 2.88. The van der Waals surface area contributed by atoms with E-state index in [4.69, 9.17) is 4.74 Å². The van der Waals surface area contributed by atoms with Gasteiger partial charge in [0.1, 0.15) is 5.54 Å². The lowest BCUT2D eigenvalue weighted by molar-refractivity contribution is -0.179. The zero-order chi connectivity index (χ0) is 15.3. The van der Waals surface area contributed by atoms with Gasteiger partial charge in [0.25, 0.3) is 0 Å². The standard InChI is InChI=1S/C16H26N2O3/c1-4-21-12-9-11(15(12,2)3)18-10-13(19)17-16(14(18)20)7-5-6-8-16/h11-12H,4-10H2,1-3H3,(H,17,19). The van der Waals surface area contributed by atoms with Crippen molar-refractivity contribution in [1.82, 2.24) is 10.2 Å². The van der Waals surface area contributed by atoms with Crippen molar-refractivity contribution < 1.29 is 14.3 Å². The minimum absolute atomic E-state index is 0.00726. The van der Waals surface area contributed by atoms with Crippen LogP contribution in [0.25, 0.3) is 0 Å². The fourth-order valence-corrected chi connectivity index (χ4v) is 4.31. The Balaban J connectivity index is 1.79. The van der Waals surface area contributed by atoms with Gasteiger partial charge in [-0.25, -0.2) is 0 Å². The van der Waals surface area contributed by atoms with E-state index in [2.05, 4.69) is 19.2 Å². The minimum atomic E-state index is -0.609. The van der Waals surface area contributed by atoms with E-state index in [1.807, 2.05) is 11.8 Å². The summed E-state index contributed by atoms with van der Waals surface area (Å²) in [5, 5.41) is 2.98. The highest BCUT2D eigenvalue weighted by molar-refractivity contribution is 5.98. The van der Waals surface area contributed by atoms with Crippen molar-refractivity contribution in [3.63, 3.8) is 0 Å². The minimum Gasteiger partial charge on any atom is -0.378 e. The van der Waals surface area contributed by atoms with Crippen LogP contribution >= 0.6 is 0 Å². The molecule has 2 atom stereocenters. The van der Waals surface area contributed by atoms with E-state index in [9.17, 15) is 9.59 Å². The summed E-state index contributed by atoms with van der Waals surface area (Å²) in [5.41, 5.74) is -0.689. The molecule has 1 N–H and O–H groups in total. The highest BCUT2D eigenvalue weighted by Gasteiger charge is 2.57. The maximum absolute atomic E-state index is 13.0. The monoisotopic (exact) mass is 294 g/mol. The molecular formula is C16H26N2O3. The van der Waals surface area contributed by atoms with E-state index in [-0.39, 0.29) is 35.9 Å². The lowest BCUT2D eigenvalue weighted by atomic mass is 9.63. The van der Waals surface area contributed by atoms with Gasteiger partial charge in [-0.05, 0) is 26.2 Å². The van der Waals surface area contributed by atoms with Crippen molar-refractivity contribution in [3.05, 3.63) is 0 Å². The Kier molecular flexibility index (Phi) is 3.51. The van der Waals surface area contributed by atoms with E-state index in [1.165, 1.54) is 0 Å². The van der Waals surface area contributed by atoms with Gasteiger partial charge >= 0.3 is 0 Å². The normalized spacial score (nSPS) is 34.0. The summed E-state index contributed by atoms with van der Waals surface area (Å²) in [5.74, 6) is 0.125. The average molecular weight is 294 g/mol. The van der Waals surface area contributed by atoms with Gasteiger partial charge in [-0.3, -0.25) is 9.59 Å². The lowest BCUT2D eigenvalue weighted by Gasteiger charge is -2.57. The molecule has 0 aromatic rings. The maximum atomic E-state index is 13.0. The first kappa shape index (κ1) is 14.8. The Hall–Kier alpha value is -1.10. The molecule has 0 aromatic carbocycles. The molecule has 2 amide bonds. The second-order valence-corrected chi connectivity index (χ2v) is 7.29. The summed E-state index contributed by atoms with van der Waals surface area (Å²) in [6, 6.07) is 0.116. The highest BCUT2D eigenvalue weighted by atomic mass is 16.5. The number of rotatable bonds is 3. The first-order valence-corrected chi connectivity index (χ1v) is 8.14. The van der Waals surface area contributed by atoms with Gasteiger partial charge in [0.2, 0.25) is 11.8 Å². The summed E-state index contributed by atoms with van der Waals surface area (Å²) in [7, 11) is 0. The number of nitrogens with one attached hydrogen (secondary N) is 1. The third-order valence-electron chi connectivity index (χ3n) is 5.69. The SMILES string of the molecule is CCOC1CC(N2CC(=O)NC3(CCCC3)C2=O)C1(C)C. The van der Waals surface area contributed by atoms with Gasteiger partial charge in [0.05, 0.1) is 12.6 Å². The number of amides is 2. The molecule has 2 unspecified atom stereocenters. The fraction of sp³-hybridized carbons (Fsp3) is 0.875. The van der Waals surface area contributed by atoms with Crippen LogP contribution in [0, 0.1) is 5.41 Å². The second-order valence-electron chi connectivity index (χ2n) is 7.29. The van der Waals surface area contributed by atoms with Crippen LogP contribution in [0.15, 0.2) is 0 Å². The van der Waals surface area contributed by atoms with Gasteiger partial charge in [-0.15, -0.1) is 0 Å². The van der Waals surface area contributed by atoms with Gasteiger partial charge in [-0.2, -0.15) is 0 Å². The first-order valence-electron chi connectivity index (χ1n) is 8.14. The van der Waals surface area contributed by atoms with E-state index in [0.717, 1.165) is 32.1 Å². The number of ether oxygens (including phenoxy) is 1. The van der Waals surface area contributed by atoms with E-state index < -0.39 is 5.54 Å². The number of carbonyl (C=O) groups is 2. The molecule has 3 rings (SSSR count). The topological polar surface area (TPSA) is 58.6 Å². The van der Waals surface area contributed by atoms with Crippen molar-refractivity contribution in [3.8, 4) is 0 Å². The molecule has 118 valence electrons. The molecule has 5 heteroatoms. The Morgan fingerprint density at radius 2 is 1.95 bits per heavy atom. The zero-order valence-corrected chi connectivity index (χ0v) is 13.3. The first-order chi connectivity index (χ1) is 9.90. The van der Waals surface area contributed by atoms with Crippen LogP contribution in [0.1, 0.15) is 52.9 Å². The van der Waals surface area contributed by atoms with Crippen LogP contribution in [0.3, 0.4) is 0 Å². The van der Waals surface area contributed by atoms with Crippen LogP contribution < -0.4 is 5.32 Å². The largest absolute Gasteiger partial charge is 0.378 e. The van der Waals surface area contributed by atoms with Crippen LogP contribution in [-0.2, 0) is 14.3 Å². The molecule has 2 aliphatic carbocycles. The Bertz CT molecular complexity index is 454. The Morgan fingerprint density at radius 3 is 2.52 bits per heavy atom. The van der Waals surface area contributed by atoms with Gasteiger partial charge in [0, 0.05) is 18.1 Å². The molecule has 1 heterocycles. The quantitative estimate of drug-likeness (QED) is 0.857. The smallest absolute Gasteiger partial charge is 0.249 e. The number of hydrogen-bond donors (Lipinski definition) is 1. The molecule has 21 heavy (non-hydrogen) atoms. The van der Waals surface area contributed by atoms with Gasteiger partial charge < -0.3 is 15.0 Å². The lowest BCUT2D eigenvalue weighted by Crippen LogP contribution is -2.72. The van der Waals surface area contributed by atoms with Crippen molar-refractivity contribution in [2.45, 2.75) is 70.6 Å². The Labute approximate surface area is 126 Å². The molecule has 1 aliphatic heterocycles. The predicted octanol–water partition coefficient (Wildman–Crippen LogP) is 1.46. The Morgan fingerprint density at radius 1 is 1.29 bits per heavy atom. The van der Waals surface area contributed by atoms with Crippen LogP contribution in [0.5, 0.6) is 0 Å². The second kappa shape index (κ2) is 4.97. The molecule has 3 fully saturated rings. The van der Waals surface area contributed by atoms with Crippen molar-refractivity contribution in [2.75, 3.05) is 13.2 Å². The number of carbonyl (C=O) groups excluding carboxylic acids is 2. The molecule has 0 bridgehead atoms. The van der Waals surface area contributed by atoms with Crippen molar-refractivity contribution in [2.24, 2.45) is 5.41 Å². The summed E-state index contributed by atoms with van der Waals surface area (Å²) in [4.78, 5) is 26.9. The molecule has 3 aliphatic rings. The molecule has 0 aromatic heterocycles. The van der Waals surface area contributed by atoms with E-state index in [1.54, 1.807) is 0 Å². The van der Waals surface area contributed by atoms with Crippen LogP contribution in [-0.4, -0.2) is 47.6 Å². The predicted molar refractivity (Wildman–Crippen MR) is 78.7 cm³/mol. The summed E-state index contributed by atoms with van der Waals surface area (Å²) < 4.78 is 5.75. The third kappa shape index (κ3) is 2.17. The molecular weight excluding hydrogens is 268 g/mol. The van der Waals surface area contributed by atoms with E-state index >= 15 is 0 Å². The van der Waals surface area contributed by atoms with E-state index in [0.29, 0.717) is 6.61 Å². The summed E-state index contributed by atoms with van der Waals surface area (Å²) in [6.45, 7) is 7.17. The molecule has 1 saturated heterocycles. The highest BCUT2D eigenvalue weighted by Crippen LogP contribution is 2.47. The van der Waals surface area contributed by atoms with Gasteiger partial charge in [-0.1, -0.05) is 26.7 Å². The summed E-state index contributed by atoms with van der Waals surface area (Å²) >= 11 is 0. The molecule has 0 radical (unpaired) electrons. The number of nitrogens with zero attached hydrogens (tertiary/aromatic N) is 1. The van der Waals surface area contributed by atoms with Gasteiger partial charge in [0.15, 0.2) is 0 Å². The zero-order valence-electron chi connectivity index (χ0n) is 13.3. The van der Waals surface area contributed by atoms with Crippen molar-refractivity contribution >= 4 is 11.8 Å². The molecule has 2 saturated carbocycles. The van der Waals surface area contributed by atoms with Crippen molar-refractivity contribution in [1.29, 1.82) is 0 Å². The van der Waals surface area contributed by atoms with Crippen LogP contribution in [0.2, 0.25) is 0 Å². The number of piperazine rings is 1. The number of hydrogen-bond acceptors (Lipinski definition) is 3. The fourth-order valence-electron chi connectivity index (χ4n) is 4.31. The third-order valence-corrected chi connectivity index (χ3v) is 5.69. The molecule has 5 nitrogen and oxygen atoms in total. The van der Waals surface area contributed by atoms with Crippen LogP contribution in [0.4, 0.5) is 0 Å². The molecule has 1 spiro atoms. The summed E-state index contributed by atoms with van der Waals surface area (Å²) in [6.07, 6.45) is 4.65.